The number of hydrogen-bond acceptors (Lipinski definition) is 24. The molecule has 0 radical (unpaired) electrons. The van der Waals surface area contributed by atoms with Gasteiger partial charge in [-0.3, -0.25) is 0 Å². The summed E-state index contributed by atoms with van der Waals surface area (Å²) in [6, 6.07) is 0. The maximum atomic E-state index is 11.1. The molecule has 0 aliphatic heterocycles. The second kappa shape index (κ2) is 45.9. The van der Waals surface area contributed by atoms with Crippen molar-refractivity contribution in [3.05, 3.63) is 0 Å². The van der Waals surface area contributed by atoms with E-state index < -0.39 is 83.6 Å². The van der Waals surface area contributed by atoms with Gasteiger partial charge < -0.3 is 113 Å². The first-order valence-corrected chi connectivity index (χ1v) is 16.6. The quantitative estimate of drug-likeness (QED) is 0.129. The second-order valence-electron chi connectivity index (χ2n) is 6.10. The Morgan fingerprint density at radius 1 is 0.229 bits per heavy atom. The van der Waals surface area contributed by atoms with E-state index in [1.54, 1.807) is 0 Å². The van der Waals surface area contributed by atoms with Crippen LogP contribution in [0.4, 0.5) is 0 Å². The topological polar surface area (TPSA) is 435 Å². The minimum Gasteiger partial charge on any atom is -0.790 e. The molecule has 1 fully saturated rings. The van der Waals surface area contributed by atoms with E-state index in [0.29, 0.717) is 0 Å². The molecule has 1 aliphatic carbocycles. The molecule has 0 bridgehead atoms. The summed E-state index contributed by atoms with van der Waals surface area (Å²) in [6.07, 6.45) is -21.5. The molecule has 216 valence electrons. The first kappa shape index (κ1) is 97.6. The Morgan fingerprint density at radius 3 is 0.333 bits per heavy atom. The molecule has 0 saturated heterocycles. The third kappa shape index (κ3) is 51.2. The number of phosphoric acid groups is 6. The molecule has 0 N–H and O–H groups in total. The molecule has 0 spiro atoms. The van der Waals surface area contributed by atoms with E-state index in [0.717, 1.165) is 0 Å². The monoisotopic (exact) mass is 1120 g/mol. The average molecular weight is 1120 g/mol. The second-order valence-corrected chi connectivity index (χ2v) is 12.7. The fraction of sp³-hybridized carbons (Fsp3) is 1.00. The summed E-state index contributed by atoms with van der Waals surface area (Å²) in [5.74, 6) is 0. The van der Waals surface area contributed by atoms with Crippen molar-refractivity contribution in [2.45, 2.75) is 36.6 Å². The molecule has 0 heterocycles. The smallest absolute Gasteiger partial charge is 0.790 e. The SMILES string of the molecule is O=P([O-])([O-])OC1C(OP(=O)([O-])[O-])C(OP(=O)([O-])[O-])C(OP(=O)([O-])[O-])C(OP(=O)([O-])[O-])C1OP(=O)([O-])[O-].[K+].[K+].[K+].[K+].[K+].[K+].[K+].[K+].[K+].[K+].[K+].[K+]. The molecule has 0 amide bonds. The van der Waals surface area contributed by atoms with Gasteiger partial charge in [0.05, 0.1) is 46.9 Å². The van der Waals surface area contributed by atoms with Gasteiger partial charge in [0, 0.05) is 0 Å². The van der Waals surface area contributed by atoms with Crippen molar-refractivity contribution in [2.75, 3.05) is 0 Å². The van der Waals surface area contributed by atoms with Crippen LogP contribution in [-0.4, -0.2) is 36.6 Å². The Balaban J connectivity index is -0.000000108. The minimum absolute atomic E-state index is 0. The van der Waals surface area contributed by atoms with Gasteiger partial charge in [0.2, 0.25) is 0 Å². The minimum atomic E-state index is -6.68. The van der Waals surface area contributed by atoms with Crippen LogP contribution < -0.4 is 675 Å². The largest absolute Gasteiger partial charge is 1.00 e. The molecule has 1 aliphatic rings. The van der Waals surface area contributed by atoms with Gasteiger partial charge in [0.25, 0.3) is 0 Å². The van der Waals surface area contributed by atoms with Crippen molar-refractivity contribution in [1.82, 2.24) is 0 Å². The van der Waals surface area contributed by atoms with Gasteiger partial charge in [0.1, 0.15) is 36.6 Å². The van der Waals surface area contributed by atoms with Crippen LogP contribution in [-0.2, 0) is 54.5 Å². The Hall–Kier alpha value is 20.3. The molecule has 1 saturated carbocycles. The van der Waals surface area contributed by atoms with Crippen LogP contribution in [0.3, 0.4) is 0 Å². The first-order chi connectivity index (χ1) is 15.6. The average Bonchev–Trinajstić information content (AvgIpc) is 2.51. The molecule has 0 unspecified atom stereocenters. The Kier molecular flexibility index (Phi) is 93.3. The molecule has 1 rings (SSSR count). The van der Waals surface area contributed by atoms with Crippen LogP contribution in [0.1, 0.15) is 0 Å². The predicted octanol–water partition coefficient (Wildman–Crippen LogP) is -46.7. The van der Waals surface area contributed by atoms with Crippen LogP contribution in [0.15, 0.2) is 0 Å². The molecule has 0 aromatic rings. The van der Waals surface area contributed by atoms with Crippen molar-refractivity contribution in [3.8, 4) is 0 Å². The van der Waals surface area contributed by atoms with Crippen LogP contribution in [0.2, 0.25) is 0 Å². The number of rotatable bonds is 12. The molecule has 48 heavy (non-hydrogen) atoms. The molecule has 0 aromatic carbocycles. The van der Waals surface area contributed by atoms with E-state index in [9.17, 15) is 86.1 Å². The molecule has 0 atom stereocenters. The van der Waals surface area contributed by atoms with Crippen molar-refractivity contribution in [1.29, 1.82) is 0 Å². The van der Waals surface area contributed by atoms with Crippen LogP contribution in [0.5, 0.6) is 0 Å². The third-order valence-corrected chi connectivity index (χ3v) is 6.46. The first-order valence-electron chi connectivity index (χ1n) is 7.80. The maximum Gasteiger partial charge on any atom is 1.00 e. The molecule has 42 heteroatoms. The van der Waals surface area contributed by atoms with Gasteiger partial charge in [-0.25, -0.2) is 0 Å². The maximum absolute atomic E-state index is 11.1. The van der Waals surface area contributed by atoms with E-state index in [4.69, 9.17) is 0 Å². The molecule has 0 aromatic heterocycles. The van der Waals surface area contributed by atoms with Crippen molar-refractivity contribution >= 4 is 46.9 Å². The zero-order chi connectivity index (χ0) is 28.7. The third-order valence-electron chi connectivity index (χ3n) is 3.45. The van der Waals surface area contributed by atoms with Crippen LogP contribution >= 0.6 is 46.9 Å². The van der Waals surface area contributed by atoms with Gasteiger partial charge in [-0.15, -0.1) is 0 Å². The van der Waals surface area contributed by atoms with Gasteiger partial charge in [0.15, 0.2) is 0 Å². The fourth-order valence-corrected chi connectivity index (χ4v) is 5.96. The number of phosphoric ester groups is 6. The van der Waals surface area contributed by atoms with E-state index in [1.807, 2.05) is 0 Å². The van der Waals surface area contributed by atoms with Gasteiger partial charge in [-0.1, -0.05) is 0 Å². The van der Waals surface area contributed by atoms with Gasteiger partial charge >= 0.3 is 617 Å². The molecular weight excluding hydrogens is 1110 g/mol. The number of hydrogen-bond donors (Lipinski definition) is 0. The summed E-state index contributed by atoms with van der Waals surface area (Å²) in [7, 11) is -40.1. The molecular formula is C6H6K12O24P6. The normalized spacial score (nSPS) is 22.0. The summed E-state index contributed by atoms with van der Waals surface area (Å²) in [5.41, 5.74) is 0. The standard InChI is InChI=1S/C6H18O24P6.12K/c7-31(8,9)25-1-2(26-32(10,11)12)4(28-34(16,17)18)6(30-36(22,23)24)5(29-35(19,20)21)3(1)27-33(13,14)15;;;;;;;;;;;;/h1-6H,(H2,7,8,9)(H2,10,11,12)(H2,13,14,15)(H2,16,17,18)(H2,19,20,21)(H2,22,23,24);;;;;;;;;;;;/q;12*+1/p-12. The summed E-state index contributed by atoms with van der Waals surface area (Å²) in [4.78, 5) is 133. The predicted molar refractivity (Wildman–Crippen MR) is 74.9 cm³/mol. The van der Waals surface area contributed by atoms with Crippen molar-refractivity contribution in [2.24, 2.45) is 0 Å². The van der Waals surface area contributed by atoms with Crippen LogP contribution in [0.25, 0.3) is 0 Å². The van der Waals surface area contributed by atoms with Crippen molar-refractivity contribution < 1.29 is 730 Å². The van der Waals surface area contributed by atoms with Crippen LogP contribution in [0, 0.1) is 0 Å². The van der Waals surface area contributed by atoms with Crippen molar-refractivity contribution in [3.63, 3.8) is 0 Å². The zero-order valence-corrected chi connectivity index (χ0v) is 70.8. The van der Waals surface area contributed by atoms with Gasteiger partial charge in [-0.2, -0.15) is 0 Å². The fourth-order valence-electron chi connectivity index (χ4n) is 2.74. The Labute approximate surface area is 784 Å². The van der Waals surface area contributed by atoms with E-state index in [-0.39, 0.29) is 617 Å². The van der Waals surface area contributed by atoms with E-state index in [1.165, 1.54) is 0 Å². The van der Waals surface area contributed by atoms with Gasteiger partial charge in [-0.05, 0) is 0 Å². The van der Waals surface area contributed by atoms with E-state index >= 15 is 0 Å². The summed E-state index contributed by atoms with van der Waals surface area (Å²) in [5, 5.41) is 0. The summed E-state index contributed by atoms with van der Waals surface area (Å²) < 4.78 is 88.3. The summed E-state index contributed by atoms with van der Waals surface area (Å²) in [6.45, 7) is 0. The Morgan fingerprint density at radius 2 is 0.292 bits per heavy atom. The Bertz CT molecular complexity index is 857. The summed E-state index contributed by atoms with van der Waals surface area (Å²) >= 11 is 0. The molecule has 24 nitrogen and oxygen atoms in total. The zero-order valence-electron chi connectivity index (χ0n) is 27.9. The van der Waals surface area contributed by atoms with E-state index in [2.05, 4.69) is 27.1 Å².